The van der Waals surface area contributed by atoms with Crippen LogP contribution in [0.4, 0.5) is 14.5 Å². The van der Waals surface area contributed by atoms with Gasteiger partial charge < -0.3 is 5.73 Å². The number of allylic oxidation sites excluding steroid dienone is 4. The van der Waals surface area contributed by atoms with Crippen molar-refractivity contribution in [1.29, 1.82) is 0 Å². The third-order valence-corrected chi connectivity index (χ3v) is 6.13. The van der Waals surface area contributed by atoms with E-state index in [1.807, 2.05) is 12.1 Å². The number of aryl methyl sites for hydroxylation is 1. The first-order chi connectivity index (χ1) is 15.0. The Morgan fingerprint density at radius 3 is 2.52 bits per heavy atom. The van der Waals surface area contributed by atoms with Crippen molar-refractivity contribution < 1.29 is 8.78 Å². The number of rotatable bonds is 8. The van der Waals surface area contributed by atoms with E-state index in [0.717, 1.165) is 35.4 Å². The predicted octanol–water partition coefficient (Wildman–Crippen LogP) is 6.01. The summed E-state index contributed by atoms with van der Waals surface area (Å²) in [5.74, 6) is 0.217. The maximum Gasteiger partial charge on any atom is 0.123 e. The largest absolute Gasteiger partial charge is 0.404 e. The van der Waals surface area contributed by atoms with Crippen molar-refractivity contribution in [3.8, 4) is 0 Å². The van der Waals surface area contributed by atoms with Gasteiger partial charge in [0.1, 0.15) is 11.6 Å². The second-order valence-corrected chi connectivity index (χ2v) is 8.36. The van der Waals surface area contributed by atoms with Gasteiger partial charge in [0.2, 0.25) is 0 Å². The number of nitrogens with two attached hydrogens (primary N) is 2. The maximum absolute atomic E-state index is 13.6. The lowest BCUT2D eigenvalue weighted by atomic mass is 9.66. The number of halogens is 2. The highest BCUT2D eigenvalue weighted by atomic mass is 32.2. The van der Waals surface area contributed by atoms with Crippen molar-refractivity contribution in [2.75, 3.05) is 5.75 Å². The summed E-state index contributed by atoms with van der Waals surface area (Å²) < 4.78 is 26.9. The van der Waals surface area contributed by atoms with E-state index in [2.05, 4.69) is 12.7 Å². The molecule has 0 amide bonds. The van der Waals surface area contributed by atoms with Crippen LogP contribution in [0.3, 0.4) is 0 Å². The Labute approximate surface area is 186 Å². The minimum atomic E-state index is -0.324. The highest BCUT2D eigenvalue weighted by Crippen LogP contribution is 2.46. The number of hydrogen-bond donors (Lipinski definition) is 2. The summed E-state index contributed by atoms with van der Waals surface area (Å²) in [5.41, 5.74) is 10.1. The second kappa shape index (κ2) is 10.6. The van der Waals surface area contributed by atoms with Crippen molar-refractivity contribution in [3.05, 3.63) is 102 Å². The Morgan fingerprint density at radius 1 is 1.10 bits per heavy atom. The number of benzene rings is 2. The Kier molecular flexibility index (Phi) is 7.82. The lowest BCUT2D eigenvalue weighted by Gasteiger charge is -2.38. The van der Waals surface area contributed by atoms with Gasteiger partial charge >= 0.3 is 0 Å². The minimum absolute atomic E-state index is 0.236. The first-order valence-corrected chi connectivity index (χ1v) is 11.2. The Morgan fingerprint density at radius 2 is 1.87 bits per heavy atom. The van der Waals surface area contributed by atoms with Crippen molar-refractivity contribution in [2.24, 2.45) is 21.3 Å². The molecule has 0 saturated heterocycles. The fourth-order valence-electron chi connectivity index (χ4n) is 3.95. The number of aliphatic imine (C=N–C) groups is 1. The van der Waals surface area contributed by atoms with Crippen LogP contribution in [0.1, 0.15) is 24.8 Å². The van der Waals surface area contributed by atoms with Gasteiger partial charge in [0.25, 0.3) is 0 Å². The molecule has 0 bridgehead atoms. The first kappa shape index (κ1) is 23.0. The van der Waals surface area contributed by atoms with Crippen LogP contribution in [-0.2, 0) is 6.42 Å². The van der Waals surface area contributed by atoms with E-state index >= 15 is 0 Å². The fourth-order valence-corrected chi connectivity index (χ4v) is 4.29. The predicted molar refractivity (Wildman–Crippen MR) is 127 cm³/mol. The molecule has 3 nitrogen and oxygen atoms in total. The highest BCUT2D eigenvalue weighted by molar-refractivity contribution is 7.97. The van der Waals surface area contributed by atoms with Crippen LogP contribution in [0.15, 0.2) is 89.6 Å². The zero-order chi connectivity index (χ0) is 22.3. The average Bonchev–Trinajstić information content (AvgIpc) is 2.78. The first-order valence-electron chi connectivity index (χ1n) is 10.2. The molecular formula is C25H27F2N3S. The van der Waals surface area contributed by atoms with Crippen LogP contribution < -0.4 is 10.9 Å². The average molecular weight is 440 g/mol. The van der Waals surface area contributed by atoms with E-state index in [9.17, 15) is 8.78 Å². The molecule has 2 aromatic carbocycles. The summed E-state index contributed by atoms with van der Waals surface area (Å²) in [7, 11) is 0. The molecule has 0 aromatic heterocycles. The van der Waals surface area contributed by atoms with Gasteiger partial charge in [0.15, 0.2) is 0 Å². The molecule has 2 aromatic rings. The summed E-state index contributed by atoms with van der Waals surface area (Å²) in [6.45, 7) is 4.13. The minimum Gasteiger partial charge on any atom is -0.404 e. The summed E-state index contributed by atoms with van der Waals surface area (Å²) in [4.78, 5) is 4.70. The summed E-state index contributed by atoms with van der Waals surface area (Å²) in [5, 5.41) is 5.71. The van der Waals surface area contributed by atoms with Crippen molar-refractivity contribution in [3.63, 3.8) is 0 Å². The van der Waals surface area contributed by atoms with Crippen LogP contribution in [0.25, 0.3) is 0 Å². The van der Waals surface area contributed by atoms with Gasteiger partial charge in [-0.2, -0.15) is 0 Å². The maximum atomic E-state index is 13.6. The molecule has 1 aliphatic carbocycles. The molecule has 6 heteroatoms. The zero-order valence-electron chi connectivity index (χ0n) is 17.4. The quantitative estimate of drug-likeness (QED) is 0.391. The SMILES string of the molecule is C=CC1(CCc2cccc(F)c2)CC(=CN)C(=Nc2ccc(F)cc2)C=C1CCSN. The van der Waals surface area contributed by atoms with Gasteiger partial charge in [-0.05, 0) is 85.5 Å². The molecule has 162 valence electrons. The molecule has 1 atom stereocenters. The molecule has 0 aliphatic heterocycles. The summed E-state index contributed by atoms with van der Waals surface area (Å²) in [6.07, 6.45) is 8.49. The molecule has 0 heterocycles. The van der Waals surface area contributed by atoms with E-state index < -0.39 is 0 Å². The molecule has 0 spiro atoms. The molecule has 4 N–H and O–H groups in total. The van der Waals surface area contributed by atoms with Crippen LogP contribution in [-0.4, -0.2) is 11.5 Å². The Hall–Kier alpha value is -2.70. The van der Waals surface area contributed by atoms with Gasteiger partial charge in [-0.3, -0.25) is 5.14 Å². The second-order valence-electron chi connectivity index (χ2n) is 7.62. The van der Waals surface area contributed by atoms with Crippen molar-refractivity contribution >= 4 is 23.3 Å². The molecule has 31 heavy (non-hydrogen) atoms. The number of nitrogens with zero attached hydrogens (tertiary/aromatic N) is 1. The van der Waals surface area contributed by atoms with Crippen LogP contribution in [0.2, 0.25) is 0 Å². The van der Waals surface area contributed by atoms with Gasteiger partial charge in [-0.1, -0.05) is 35.7 Å². The molecular weight excluding hydrogens is 412 g/mol. The smallest absolute Gasteiger partial charge is 0.123 e. The van der Waals surface area contributed by atoms with Gasteiger partial charge in [-0.15, -0.1) is 6.58 Å². The monoisotopic (exact) mass is 439 g/mol. The fraction of sp³-hybridized carbons (Fsp3) is 0.240. The molecule has 3 rings (SSSR count). The summed E-state index contributed by atoms with van der Waals surface area (Å²) >= 11 is 1.29. The van der Waals surface area contributed by atoms with E-state index in [1.54, 1.807) is 30.5 Å². The Balaban J connectivity index is 1.97. The summed E-state index contributed by atoms with van der Waals surface area (Å²) in [6, 6.07) is 12.7. The third-order valence-electron chi connectivity index (χ3n) is 5.69. The lowest BCUT2D eigenvalue weighted by molar-refractivity contribution is 0.408. The van der Waals surface area contributed by atoms with Crippen LogP contribution in [0, 0.1) is 17.0 Å². The molecule has 1 unspecified atom stereocenters. The van der Waals surface area contributed by atoms with Crippen molar-refractivity contribution in [1.82, 2.24) is 0 Å². The van der Waals surface area contributed by atoms with E-state index in [4.69, 9.17) is 15.9 Å². The van der Waals surface area contributed by atoms with Gasteiger partial charge in [-0.25, -0.2) is 13.8 Å². The standard InChI is InChI=1S/C25H27F2N3S/c1-2-25(12-10-18-4-3-5-22(27)14-18)16-19(17-28)24(15-20(25)11-13-31-29)30-23-8-6-21(26)7-9-23/h2-9,14-15,17H,1,10-13,16,28-29H2. The van der Waals surface area contributed by atoms with Crippen molar-refractivity contribution in [2.45, 2.75) is 25.7 Å². The molecule has 1 aliphatic rings. The van der Waals surface area contributed by atoms with E-state index in [0.29, 0.717) is 18.5 Å². The third kappa shape index (κ3) is 5.71. The van der Waals surface area contributed by atoms with Crippen LogP contribution >= 0.6 is 11.9 Å². The molecule has 0 radical (unpaired) electrons. The lowest BCUT2D eigenvalue weighted by Crippen LogP contribution is -2.30. The number of hydrogen-bond acceptors (Lipinski definition) is 4. The van der Waals surface area contributed by atoms with Gasteiger partial charge in [0, 0.05) is 11.2 Å². The van der Waals surface area contributed by atoms with Gasteiger partial charge in [0.05, 0.1) is 11.4 Å². The Bertz CT molecular complexity index is 1010. The van der Waals surface area contributed by atoms with E-state index in [-0.39, 0.29) is 17.0 Å². The molecule has 0 fully saturated rings. The van der Waals surface area contributed by atoms with Crippen LogP contribution in [0.5, 0.6) is 0 Å². The highest BCUT2D eigenvalue weighted by Gasteiger charge is 2.36. The topological polar surface area (TPSA) is 64.4 Å². The normalized spacial score (nSPS) is 21.3. The molecule has 0 saturated carbocycles. The zero-order valence-corrected chi connectivity index (χ0v) is 18.2. The van der Waals surface area contributed by atoms with E-state index in [1.165, 1.54) is 35.7 Å².